The number of rotatable bonds is 4. The number of fused-ring (bicyclic) bond motifs is 1. The van der Waals surface area contributed by atoms with Gasteiger partial charge >= 0.3 is 0 Å². The first kappa shape index (κ1) is 21.3. The number of anilines is 1. The van der Waals surface area contributed by atoms with Crippen LogP contribution in [0.2, 0.25) is 5.02 Å². The van der Waals surface area contributed by atoms with E-state index in [0.29, 0.717) is 27.9 Å². The predicted octanol–water partition coefficient (Wildman–Crippen LogP) is 5.89. The monoisotopic (exact) mass is 448 g/mol. The molecule has 0 atom stereocenters. The molecule has 32 heavy (non-hydrogen) atoms. The van der Waals surface area contributed by atoms with Crippen LogP contribution in [-0.4, -0.2) is 10.8 Å². The predicted molar refractivity (Wildman–Crippen MR) is 123 cm³/mol. The molecule has 4 aromatic rings. The summed E-state index contributed by atoms with van der Waals surface area (Å²) in [6.45, 7) is 3.81. The molecule has 1 heterocycles. The van der Waals surface area contributed by atoms with Gasteiger partial charge in [-0.2, -0.15) is 0 Å². The van der Waals surface area contributed by atoms with Crippen molar-refractivity contribution in [1.82, 2.24) is 0 Å². The van der Waals surface area contributed by atoms with E-state index in [2.05, 4.69) is 5.32 Å². The van der Waals surface area contributed by atoms with Crippen molar-refractivity contribution in [3.8, 4) is 11.3 Å². The molecule has 0 saturated carbocycles. The molecule has 0 unspecified atom stereocenters. The molecule has 1 amide bonds. The number of carbonyl (C=O) groups is 1. The lowest BCUT2D eigenvalue weighted by atomic mass is 10.1. The number of nitrogens with zero attached hydrogens (tertiary/aromatic N) is 1. The SMILES string of the molecule is Cc1cc(C)c2oc(-c3ccc(C(=O)Nc4ccc([N+](=O)[O-])cc4Cl)cc3)cc(=O)c2c1. The van der Waals surface area contributed by atoms with Crippen molar-refractivity contribution in [2.24, 2.45) is 0 Å². The molecule has 0 spiro atoms. The van der Waals surface area contributed by atoms with Crippen molar-refractivity contribution in [1.29, 1.82) is 0 Å². The molecule has 1 N–H and O–H groups in total. The summed E-state index contributed by atoms with van der Waals surface area (Å²) < 4.78 is 5.98. The summed E-state index contributed by atoms with van der Waals surface area (Å²) in [7, 11) is 0. The summed E-state index contributed by atoms with van der Waals surface area (Å²) in [4.78, 5) is 35.4. The molecule has 160 valence electrons. The minimum atomic E-state index is -0.565. The van der Waals surface area contributed by atoms with E-state index in [4.69, 9.17) is 16.0 Å². The van der Waals surface area contributed by atoms with Gasteiger partial charge in [-0.15, -0.1) is 0 Å². The summed E-state index contributed by atoms with van der Waals surface area (Å²) in [6.07, 6.45) is 0. The Kier molecular flexibility index (Phi) is 5.50. The van der Waals surface area contributed by atoms with Crippen LogP contribution in [0.1, 0.15) is 21.5 Å². The number of non-ortho nitro benzene ring substituents is 1. The number of aryl methyl sites for hydroxylation is 2. The number of hydrogen-bond donors (Lipinski definition) is 1. The first-order valence-electron chi connectivity index (χ1n) is 9.64. The number of halogens is 1. The Bertz CT molecular complexity index is 1440. The maximum atomic E-state index is 12.6. The lowest BCUT2D eigenvalue weighted by Crippen LogP contribution is -2.12. The van der Waals surface area contributed by atoms with Crippen LogP contribution in [-0.2, 0) is 0 Å². The van der Waals surface area contributed by atoms with Gasteiger partial charge in [-0.05, 0) is 49.2 Å². The first-order chi connectivity index (χ1) is 15.2. The molecular formula is C24H17ClN2O5. The Morgan fingerprint density at radius 2 is 1.75 bits per heavy atom. The van der Waals surface area contributed by atoms with Gasteiger partial charge in [0.1, 0.15) is 11.3 Å². The van der Waals surface area contributed by atoms with Crippen LogP contribution in [0.3, 0.4) is 0 Å². The Morgan fingerprint density at radius 3 is 2.41 bits per heavy atom. The molecule has 8 heteroatoms. The second-order valence-electron chi connectivity index (χ2n) is 7.39. The highest BCUT2D eigenvalue weighted by atomic mass is 35.5. The summed E-state index contributed by atoms with van der Waals surface area (Å²) in [6, 6.07) is 15.5. The van der Waals surface area contributed by atoms with Crippen LogP contribution in [0.5, 0.6) is 0 Å². The van der Waals surface area contributed by atoms with E-state index in [-0.39, 0.29) is 21.8 Å². The molecule has 7 nitrogen and oxygen atoms in total. The minimum Gasteiger partial charge on any atom is -0.456 e. The number of amides is 1. The third kappa shape index (κ3) is 4.10. The van der Waals surface area contributed by atoms with Crippen LogP contribution in [0.4, 0.5) is 11.4 Å². The number of nitro groups is 1. The number of hydrogen-bond acceptors (Lipinski definition) is 5. The molecule has 4 rings (SSSR count). The van der Waals surface area contributed by atoms with Crippen molar-refractivity contribution >= 4 is 39.9 Å². The number of carbonyl (C=O) groups excluding carboxylic acids is 1. The number of nitrogens with one attached hydrogen (secondary N) is 1. The number of benzene rings is 3. The van der Waals surface area contributed by atoms with Crippen molar-refractivity contribution in [2.75, 3.05) is 5.32 Å². The smallest absolute Gasteiger partial charge is 0.271 e. The van der Waals surface area contributed by atoms with Gasteiger partial charge in [0.2, 0.25) is 0 Å². The molecule has 0 saturated heterocycles. The summed E-state index contributed by atoms with van der Waals surface area (Å²) in [5.74, 6) is -0.0292. The van der Waals surface area contributed by atoms with E-state index < -0.39 is 10.8 Å². The van der Waals surface area contributed by atoms with Gasteiger partial charge in [-0.1, -0.05) is 29.8 Å². The fourth-order valence-corrected chi connectivity index (χ4v) is 3.67. The van der Waals surface area contributed by atoms with Crippen LogP contribution >= 0.6 is 11.6 Å². The van der Waals surface area contributed by atoms with Gasteiger partial charge in [0.25, 0.3) is 11.6 Å². The van der Waals surface area contributed by atoms with Crippen molar-refractivity contribution in [3.63, 3.8) is 0 Å². The second-order valence-corrected chi connectivity index (χ2v) is 7.79. The Hall–Kier alpha value is -3.97. The zero-order valence-corrected chi connectivity index (χ0v) is 17.9. The van der Waals surface area contributed by atoms with Gasteiger partial charge in [0.05, 0.1) is 21.0 Å². The van der Waals surface area contributed by atoms with E-state index in [9.17, 15) is 19.7 Å². The zero-order valence-electron chi connectivity index (χ0n) is 17.1. The van der Waals surface area contributed by atoms with Gasteiger partial charge in [-0.3, -0.25) is 19.7 Å². The molecule has 0 radical (unpaired) electrons. The van der Waals surface area contributed by atoms with Crippen LogP contribution in [0.15, 0.2) is 69.9 Å². The Morgan fingerprint density at radius 1 is 1.03 bits per heavy atom. The van der Waals surface area contributed by atoms with Gasteiger partial charge in [0.15, 0.2) is 5.43 Å². The highest BCUT2D eigenvalue weighted by molar-refractivity contribution is 6.34. The topological polar surface area (TPSA) is 102 Å². The third-order valence-electron chi connectivity index (χ3n) is 5.00. The molecule has 3 aromatic carbocycles. The van der Waals surface area contributed by atoms with Gasteiger partial charge in [-0.25, -0.2) is 0 Å². The molecule has 0 bridgehead atoms. The average molecular weight is 449 g/mol. The third-order valence-corrected chi connectivity index (χ3v) is 5.31. The lowest BCUT2D eigenvalue weighted by molar-refractivity contribution is -0.384. The van der Waals surface area contributed by atoms with Crippen molar-refractivity contribution in [2.45, 2.75) is 13.8 Å². The average Bonchev–Trinajstić information content (AvgIpc) is 2.75. The molecular weight excluding hydrogens is 432 g/mol. The van der Waals surface area contributed by atoms with E-state index in [1.807, 2.05) is 19.9 Å². The highest BCUT2D eigenvalue weighted by Gasteiger charge is 2.14. The normalized spacial score (nSPS) is 10.8. The Labute approximate surface area is 187 Å². The fraction of sp³-hybridized carbons (Fsp3) is 0.0833. The summed E-state index contributed by atoms with van der Waals surface area (Å²) in [5, 5.41) is 14.0. The fourth-order valence-electron chi connectivity index (χ4n) is 3.45. The summed E-state index contributed by atoms with van der Waals surface area (Å²) in [5.41, 5.74) is 3.34. The first-order valence-corrected chi connectivity index (χ1v) is 10.0. The molecule has 0 fully saturated rings. The standard InChI is InChI=1S/C24H17ClN2O5/c1-13-9-14(2)23-18(10-13)21(28)12-22(32-23)15-3-5-16(6-4-15)24(29)26-20-8-7-17(27(30)31)11-19(20)25/h3-12H,1-2H3,(H,26,29). The quantitative estimate of drug-likeness (QED) is 0.309. The second kappa shape index (κ2) is 8.28. The van der Waals surface area contributed by atoms with Crippen molar-refractivity contribution < 1.29 is 14.1 Å². The minimum absolute atomic E-state index is 0.0627. The Balaban J connectivity index is 1.60. The highest BCUT2D eigenvalue weighted by Crippen LogP contribution is 2.28. The van der Waals surface area contributed by atoms with Gasteiger partial charge in [0, 0.05) is 29.3 Å². The summed E-state index contributed by atoms with van der Waals surface area (Å²) >= 11 is 6.03. The molecule has 0 aliphatic heterocycles. The number of nitro benzene ring substituents is 1. The maximum Gasteiger partial charge on any atom is 0.271 e. The lowest BCUT2D eigenvalue weighted by Gasteiger charge is -2.09. The van der Waals surface area contributed by atoms with Crippen LogP contribution < -0.4 is 10.7 Å². The largest absolute Gasteiger partial charge is 0.456 e. The van der Waals surface area contributed by atoms with E-state index in [1.165, 1.54) is 24.3 Å². The zero-order chi connectivity index (χ0) is 23.0. The van der Waals surface area contributed by atoms with E-state index in [1.54, 1.807) is 30.3 Å². The van der Waals surface area contributed by atoms with E-state index in [0.717, 1.165) is 11.1 Å². The van der Waals surface area contributed by atoms with Crippen LogP contribution in [0.25, 0.3) is 22.3 Å². The van der Waals surface area contributed by atoms with Crippen LogP contribution in [0, 0.1) is 24.0 Å². The molecule has 0 aliphatic carbocycles. The van der Waals surface area contributed by atoms with Crippen molar-refractivity contribution in [3.05, 3.63) is 103 Å². The maximum absolute atomic E-state index is 12.6. The van der Waals surface area contributed by atoms with E-state index >= 15 is 0 Å². The molecule has 1 aromatic heterocycles. The molecule has 0 aliphatic rings. The van der Waals surface area contributed by atoms with Gasteiger partial charge < -0.3 is 9.73 Å².